The second-order valence-electron chi connectivity index (χ2n) is 10.5. The number of amides is 3. The lowest BCUT2D eigenvalue weighted by molar-refractivity contribution is -0.143. The molecule has 2 N–H and O–H groups in total. The van der Waals surface area contributed by atoms with Gasteiger partial charge in [0.25, 0.3) is 0 Å². The normalized spacial score (nSPS) is 18.5. The molecule has 2 unspecified atom stereocenters. The van der Waals surface area contributed by atoms with Gasteiger partial charge in [-0.05, 0) is 64.5 Å². The predicted molar refractivity (Wildman–Crippen MR) is 136 cm³/mol. The van der Waals surface area contributed by atoms with Gasteiger partial charge in [-0.3, -0.25) is 9.59 Å². The molecule has 188 valence electrons. The third-order valence-corrected chi connectivity index (χ3v) is 6.69. The maximum atomic E-state index is 13.8. The van der Waals surface area contributed by atoms with E-state index in [1.54, 1.807) is 25.7 Å². The van der Waals surface area contributed by atoms with E-state index in [0.29, 0.717) is 0 Å². The van der Waals surface area contributed by atoms with E-state index in [2.05, 4.69) is 23.3 Å². The Kier molecular flexibility index (Phi) is 8.90. The van der Waals surface area contributed by atoms with Crippen LogP contribution in [0.1, 0.15) is 82.9 Å². The molecule has 2 fully saturated rings. The zero-order chi connectivity index (χ0) is 24.9. The number of ether oxygens (including phenoxy) is 1. The summed E-state index contributed by atoms with van der Waals surface area (Å²) >= 11 is 4.34. The molecule has 3 rings (SSSR count). The van der Waals surface area contributed by atoms with Gasteiger partial charge in [0.2, 0.25) is 11.8 Å². The number of thiol groups is 1. The van der Waals surface area contributed by atoms with Crippen LogP contribution < -0.4 is 10.6 Å². The maximum absolute atomic E-state index is 13.8. The predicted octanol–water partition coefficient (Wildman–Crippen LogP) is 4.30. The largest absolute Gasteiger partial charge is 0.444 e. The lowest BCUT2D eigenvalue weighted by atomic mass is 9.93. The topological polar surface area (TPSA) is 87.7 Å². The number of carbonyl (C=O) groups excluding carboxylic acids is 3. The molecule has 2 atom stereocenters. The smallest absolute Gasteiger partial charge is 0.408 e. The number of nitrogens with one attached hydrogen (secondary N) is 2. The Balaban J connectivity index is 1.89. The Morgan fingerprint density at radius 1 is 1.09 bits per heavy atom. The third kappa shape index (κ3) is 7.14. The number of hydrogen-bond donors (Lipinski definition) is 3. The molecule has 0 aliphatic heterocycles. The van der Waals surface area contributed by atoms with Crippen LogP contribution in [0.4, 0.5) is 4.79 Å². The molecule has 7 nitrogen and oxygen atoms in total. The highest BCUT2D eigenvalue weighted by Gasteiger charge is 2.44. The minimum atomic E-state index is -0.896. The van der Waals surface area contributed by atoms with E-state index >= 15 is 0 Å². The van der Waals surface area contributed by atoms with Crippen molar-refractivity contribution in [2.45, 2.75) is 102 Å². The maximum Gasteiger partial charge on any atom is 0.408 e. The summed E-state index contributed by atoms with van der Waals surface area (Å²) in [5.41, 5.74) is 1.08. The van der Waals surface area contributed by atoms with Crippen LogP contribution in [0, 0.1) is 6.92 Å². The highest BCUT2D eigenvalue weighted by molar-refractivity contribution is 7.80. The first-order valence-corrected chi connectivity index (χ1v) is 13.0. The van der Waals surface area contributed by atoms with Crippen LogP contribution in [0.2, 0.25) is 0 Å². The fourth-order valence-electron chi connectivity index (χ4n) is 4.52. The van der Waals surface area contributed by atoms with Crippen molar-refractivity contribution in [3.8, 4) is 0 Å². The summed E-state index contributed by atoms with van der Waals surface area (Å²) < 4.78 is 5.35. The van der Waals surface area contributed by atoms with Crippen molar-refractivity contribution in [3.63, 3.8) is 0 Å². The first kappa shape index (κ1) is 26.4. The SMILES string of the molecule is Cc1ccccc1C(C(=O)NC1CCCCC1)N(C(=O)C(CS)NC(=O)OC(C)(C)C)C1CC1. The van der Waals surface area contributed by atoms with Gasteiger partial charge in [0.05, 0.1) is 0 Å². The van der Waals surface area contributed by atoms with Gasteiger partial charge in [0, 0.05) is 17.8 Å². The van der Waals surface area contributed by atoms with Crippen molar-refractivity contribution in [2.24, 2.45) is 0 Å². The quantitative estimate of drug-likeness (QED) is 0.475. The zero-order valence-electron chi connectivity index (χ0n) is 20.8. The van der Waals surface area contributed by atoms with Crippen LogP contribution in [0.3, 0.4) is 0 Å². The van der Waals surface area contributed by atoms with E-state index in [0.717, 1.165) is 49.7 Å². The van der Waals surface area contributed by atoms with Crippen molar-refractivity contribution < 1.29 is 19.1 Å². The molecule has 0 radical (unpaired) electrons. The number of nitrogens with zero attached hydrogens (tertiary/aromatic N) is 1. The lowest BCUT2D eigenvalue weighted by Crippen LogP contribution is -2.55. The molecular weight excluding hydrogens is 450 g/mol. The molecule has 0 bridgehead atoms. The van der Waals surface area contributed by atoms with Gasteiger partial charge < -0.3 is 20.3 Å². The van der Waals surface area contributed by atoms with E-state index < -0.39 is 23.8 Å². The molecule has 2 aliphatic carbocycles. The van der Waals surface area contributed by atoms with E-state index in [9.17, 15) is 14.4 Å². The molecule has 0 aromatic heterocycles. The Labute approximate surface area is 208 Å². The molecule has 2 saturated carbocycles. The van der Waals surface area contributed by atoms with Crippen LogP contribution in [0.5, 0.6) is 0 Å². The second-order valence-corrected chi connectivity index (χ2v) is 10.8. The standard InChI is InChI=1S/C26H39N3O4S/c1-17-10-8-9-13-20(17)22(23(30)27-18-11-6-5-7-12-18)29(19-14-15-19)24(31)21(16-34)28-25(32)33-26(2,3)4/h8-10,13,18-19,21-22,34H,5-7,11-12,14-16H2,1-4H3,(H,27,30)(H,28,32). The monoisotopic (exact) mass is 489 g/mol. The fourth-order valence-corrected chi connectivity index (χ4v) is 4.77. The molecule has 3 amide bonds. The van der Waals surface area contributed by atoms with Gasteiger partial charge in [-0.15, -0.1) is 0 Å². The van der Waals surface area contributed by atoms with Gasteiger partial charge in [-0.1, -0.05) is 43.5 Å². The second kappa shape index (κ2) is 11.5. The molecule has 1 aromatic rings. The summed E-state index contributed by atoms with van der Waals surface area (Å²) in [7, 11) is 0. The Bertz CT molecular complexity index is 875. The summed E-state index contributed by atoms with van der Waals surface area (Å²) in [6.45, 7) is 7.26. The van der Waals surface area contributed by atoms with Crippen molar-refractivity contribution in [3.05, 3.63) is 35.4 Å². The molecule has 0 saturated heterocycles. The fraction of sp³-hybridized carbons (Fsp3) is 0.654. The van der Waals surface area contributed by atoms with Crippen LogP contribution in [0.25, 0.3) is 0 Å². The zero-order valence-corrected chi connectivity index (χ0v) is 21.7. The van der Waals surface area contributed by atoms with Crippen LogP contribution in [-0.4, -0.2) is 52.3 Å². The minimum Gasteiger partial charge on any atom is -0.444 e. The van der Waals surface area contributed by atoms with Crippen molar-refractivity contribution in [1.82, 2.24) is 15.5 Å². The summed E-state index contributed by atoms with van der Waals surface area (Å²) in [5, 5.41) is 5.89. The summed E-state index contributed by atoms with van der Waals surface area (Å²) in [6, 6.07) is 6.13. The Morgan fingerprint density at radius 2 is 1.74 bits per heavy atom. The summed E-state index contributed by atoms with van der Waals surface area (Å²) in [4.78, 5) is 41.6. The highest BCUT2D eigenvalue weighted by Crippen LogP contribution is 2.37. The molecule has 2 aliphatic rings. The molecule has 34 heavy (non-hydrogen) atoms. The minimum absolute atomic E-state index is 0.0444. The van der Waals surface area contributed by atoms with Crippen molar-refractivity contribution >= 4 is 30.5 Å². The molecule has 0 spiro atoms. The van der Waals surface area contributed by atoms with Crippen LogP contribution in [0.15, 0.2) is 24.3 Å². The van der Waals surface area contributed by atoms with E-state index in [4.69, 9.17) is 4.74 Å². The summed E-state index contributed by atoms with van der Waals surface area (Å²) in [6.07, 6.45) is 6.31. The molecule has 1 aromatic carbocycles. The van der Waals surface area contributed by atoms with E-state index in [1.807, 2.05) is 31.2 Å². The Morgan fingerprint density at radius 3 is 2.29 bits per heavy atom. The molecule has 8 heteroatoms. The van der Waals surface area contributed by atoms with E-state index in [-0.39, 0.29) is 29.7 Å². The number of alkyl carbamates (subject to hydrolysis) is 1. The van der Waals surface area contributed by atoms with Crippen molar-refractivity contribution in [2.75, 3.05) is 5.75 Å². The van der Waals surface area contributed by atoms with Crippen LogP contribution >= 0.6 is 12.6 Å². The third-order valence-electron chi connectivity index (χ3n) is 6.33. The van der Waals surface area contributed by atoms with Crippen LogP contribution in [-0.2, 0) is 14.3 Å². The first-order valence-electron chi connectivity index (χ1n) is 12.4. The van der Waals surface area contributed by atoms with Crippen molar-refractivity contribution in [1.29, 1.82) is 0 Å². The average molecular weight is 490 g/mol. The number of rotatable bonds is 8. The number of hydrogen-bond acceptors (Lipinski definition) is 5. The van der Waals surface area contributed by atoms with Gasteiger partial charge in [0.1, 0.15) is 17.7 Å². The molecular formula is C26H39N3O4S. The number of benzene rings is 1. The highest BCUT2D eigenvalue weighted by atomic mass is 32.1. The molecule has 0 heterocycles. The van der Waals surface area contributed by atoms with Gasteiger partial charge in [-0.25, -0.2) is 4.79 Å². The number of carbonyl (C=O) groups is 3. The van der Waals surface area contributed by atoms with E-state index in [1.165, 1.54) is 6.42 Å². The van der Waals surface area contributed by atoms with Gasteiger partial charge >= 0.3 is 6.09 Å². The Hall–Kier alpha value is -2.22. The van der Waals surface area contributed by atoms with Gasteiger partial charge in [0.15, 0.2) is 0 Å². The number of aryl methyl sites for hydroxylation is 1. The van der Waals surface area contributed by atoms with Gasteiger partial charge in [-0.2, -0.15) is 12.6 Å². The lowest BCUT2D eigenvalue weighted by Gasteiger charge is -2.36. The summed E-state index contributed by atoms with van der Waals surface area (Å²) in [5.74, 6) is -0.362. The average Bonchev–Trinajstić information content (AvgIpc) is 3.60. The first-order chi connectivity index (χ1) is 16.1.